The summed E-state index contributed by atoms with van der Waals surface area (Å²) in [5.74, 6) is -0.819. The molecule has 20 heavy (non-hydrogen) atoms. The fourth-order valence-corrected chi connectivity index (χ4v) is 2.13. The van der Waals surface area contributed by atoms with Crippen molar-refractivity contribution in [1.82, 2.24) is 9.78 Å². The summed E-state index contributed by atoms with van der Waals surface area (Å²) in [5.41, 5.74) is 1.49. The number of hydrogen-bond donors (Lipinski definition) is 2. The Morgan fingerprint density at radius 2 is 2.25 bits per heavy atom. The average molecular weight is 277 g/mol. The van der Waals surface area contributed by atoms with E-state index in [4.69, 9.17) is 5.11 Å². The highest BCUT2D eigenvalue weighted by molar-refractivity contribution is 5.94. The Morgan fingerprint density at radius 1 is 1.50 bits per heavy atom. The number of carbonyl (C=O) groups is 1. The van der Waals surface area contributed by atoms with Crippen molar-refractivity contribution in [3.63, 3.8) is 0 Å². The zero-order chi connectivity index (χ0) is 14.7. The molecule has 0 aliphatic heterocycles. The Balaban J connectivity index is 2.06. The largest absolute Gasteiger partial charge is 0.477 e. The minimum Gasteiger partial charge on any atom is -0.477 e. The van der Waals surface area contributed by atoms with Gasteiger partial charge in [-0.1, -0.05) is 12.1 Å². The molecule has 0 saturated heterocycles. The van der Waals surface area contributed by atoms with Crippen LogP contribution in [0.15, 0.2) is 24.3 Å². The summed E-state index contributed by atoms with van der Waals surface area (Å²) < 4.78 is 14.5. The van der Waals surface area contributed by atoms with Crippen LogP contribution in [0, 0.1) is 12.7 Å². The Morgan fingerprint density at radius 3 is 2.90 bits per heavy atom. The highest BCUT2D eigenvalue weighted by Crippen LogP contribution is 2.18. The number of halogens is 1. The van der Waals surface area contributed by atoms with E-state index in [1.54, 1.807) is 20.0 Å². The smallest absolute Gasteiger partial charge is 0.341 e. The summed E-state index contributed by atoms with van der Waals surface area (Å²) in [7, 11) is 1.68. The quantitative estimate of drug-likeness (QED) is 0.879. The lowest BCUT2D eigenvalue weighted by Crippen LogP contribution is -2.12. The zero-order valence-electron chi connectivity index (χ0n) is 11.4. The highest BCUT2D eigenvalue weighted by atomic mass is 19.1. The van der Waals surface area contributed by atoms with Gasteiger partial charge in [-0.25, -0.2) is 9.18 Å². The van der Waals surface area contributed by atoms with Crippen molar-refractivity contribution in [1.29, 1.82) is 0 Å². The van der Waals surface area contributed by atoms with Gasteiger partial charge in [-0.2, -0.15) is 5.10 Å². The van der Waals surface area contributed by atoms with Gasteiger partial charge in [-0.3, -0.25) is 4.68 Å². The number of carboxylic acid groups (broad SMARTS) is 1. The van der Waals surface area contributed by atoms with Crippen molar-refractivity contribution in [3.05, 3.63) is 46.9 Å². The van der Waals surface area contributed by atoms with Gasteiger partial charge in [0, 0.05) is 13.6 Å². The number of rotatable bonds is 5. The van der Waals surface area contributed by atoms with E-state index in [1.807, 2.05) is 6.07 Å². The molecule has 0 fully saturated rings. The van der Waals surface area contributed by atoms with Gasteiger partial charge in [0.05, 0.1) is 5.69 Å². The van der Waals surface area contributed by atoms with Crippen LogP contribution < -0.4 is 5.32 Å². The number of carboxylic acids is 1. The van der Waals surface area contributed by atoms with Crippen LogP contribution in [0.25, 0.3) is 0 Å². The molecule has 2 rings (SSSR count). The van der Waals surface area contributed by atoms with Crippen molar-refractivity contribution in [2.75, 3.05) is 11.9 Å². The van der Waals surface area contributed by atoms with Crippen molar-refractivity contribution >= 4 is 11.8 Å². The minimum absolute atomic E-state index is 0.173. The SMILES string of the molecule is Cc1nn(C)c(NCCc2cccc(F)c2)c1C(=O)O. The Bertz CT molecular complexity index is 637. The van der Waals surface area contributed by atoms with E-state index in [1.165, 1.54) is 16.8 Å². The number of hydrogen-bond acceptors (Lipinski definition) is 3. The number of aromatic carboxylic acids is 1. The molecule has 1 aromatic carbocycles. The first-order valence-corrected chi connectivity index (χ1v) is 6.24. The number of nitrogens with one attached hydrogen (secondary N) is 1. The molecule has 2 N–H and O–H groups in total. The molecule has 0 spiro atoms. The van der Waals surface area contributed by atoms with Crippen LogP contribution in [0.2, 0.25) is 0 Å². The van der Waals surface area contributed by atoms with E-state index < -0.39 is 5.97 Å². The first-order valence-electron chi connectivity index (χ1n) is 6.24. The van der Waals surface area contributed by atoms with Gasteiger partial charge >= 0.3 is 5.97 Å². The molecule has 0 amide bonds. The normalized spacial score (nSPS) is 10.6. The van der Waals surface area contributed by atoms with E-state index >= 15 is 0 Å². The van der Waals surface area contributed by atoms with Gasteiger partial charge in [0.2, 0.25) is 0 Å². The number of aryl methyl sites for hydroxylation is 2. The van der Waals surface area contributed by atoms with Crippen LogP contribution in [0.3, 0.4) is 0 Å². The standard InChI is InChI=1S/C14H16FN3O2/c1-9-12(14(19)20)13(18(2)17-9)16-7-6-10-4-3-5-11(15)8-10/h3-5,8,16H,6-7H2,1-2H3,(H,19,20). The number of anilines is 1. The molecule has 1 aromatic heterocycles. The van der Waals surface area contributed by atoms with Gasteiger partial charge in [-0.15, -0.1) is 0 Å². The van der Waals surface area contributed by atoms with Crippen LogP contribution >= 0.6 is 0 Å². The van der Waals surface area contributed by atoms with Crippen LogP contribution in [-0.2, 0) is 13.5 Å². The lowest BCUT2D eigenvalue weighted by Gasteiger charge is -2.08. The van der Waals surface area contributed by atoms with Crippen molar-refractivity contribution < 1.29 is 14.3 Å². The van der Waals surface area contributed by atoms with E-state index in [-0.39, 0.29) is 11.4 Å². The van der Waals surface area contributed by atoms with Gasteiger partial charge in [-0.05, 0) is 31.0 Å². The molecular weight excluding hydrogens is 261 g/mol. The highest BCUT2D eigenvalue weighted by Gasteiger charge is 2.18. The van der Waals surface area contributed by atoms with Crippen molar-refractivity contribution in [2.45, 2.75) is 13.3 Å². The molecule has 0 radical (unpaired) electrons. The van der Waals surface area contributed by atoms with Gasteiger partial charge in [0.25, 0.3) is 0 Å². The summed E-state index contributed by atoms with van der Waals surface area (Å²) >= 11 is 0. The second kappa shape index (κ2) is 5.73. The van der Waals surface area contributed by atoms with Crippen molar-refractivity contribution in [2.24, 2.45) is 7.05 Å². The Kier molecular flexibility index (Phi) is 4.02. The second-order valence-corrected chi connectivity index (χ2v) is 4.54. The molecule has 1 heterocycles. The lowest BCUT2D eigenvalue weighted by atomic mass is 10.1. The van der Waals surface area contributed by atoms with Crippen LogP contribution in [0.5, 0.6) is 0 Å². The van der Waals surface area contributed by atoms with E-state index in [9.17, 15) is 9.18 Å². The summed E-state index contributed by atoms with van der Waals surface area (Å²) in [6.45, 7) is 2.16. The zero-order valence-corrected chi connectivity index (χ0v) is 11.4. The molecule has 6 heteroatoms. The summed E-state index contributed by atoms with van der Waals surface area (Å²) in [6, 6.07) is 6.34. The molecule has 0 bridgehead atoms. The fourth-order valence-electron chi connectivity index (χ4n) is 2.13. The van der Waals surface area contributed by atoms with E-state index in [2.05, 4.69) is 10.4 Å². The molecule has 106 valence electrons. The van der Waals surface area contributed by atoms with E-state index in [0.29, 0.717) is 24.5 Å². The minimum atomic E-state index is -1.01. The first-order chi connectivity index (χ1) is 9.49. The summed E-state index contributed by atoms with van der Waals surface area (Å²) in [6.07, 6.45) is 0.598. The average Bonchev–Trinajstić information content (AvgIpc) is 2.64. The van der Waals surface area contributed by atoms with Gasteiger partial charge < -0.3 is 10.4 Å². The molecule has 5 nitrogen and oxygen atoms in total. The van der Waals surface area contributed by atoms with Gasteiger partial charge in [0.1, 0.15) is 17.2 Å². The third-order valence-corrected chi connectivity index (χ3v) is 3.03. The first kappa shape index (κ1) is 14.0. The molecule has 0 aliphatic carbocycles. The van der Waals surface area contributed by atoms with Crippen LogP contribution in [0.4, 0.5) is 10.2 Å². The second-order valence-electron chi connectivity index (χ2n) is 4.54. The predicted molar refractivity (Wildman–Crippen MR) is 73.5 cm³/mol. The lowest BCUT2D eigenvalue weighted by molar-refractivity contribution is 0.0697. The monoisotopic (exact) mass is 277 g/mol. The fraction of sp³-hybridized carbons (Fsp3) is 0.286. The summed E-state index contributed by atoms with van der Waals surface area (Å²) in [5, 5.41) is 16.3. The molecule has 0 unspecified atom stereocenters. The maximum Gasteiger partial charge on any atom is 0.341 e. The topological polar surface area (TPSA) is 67.2 Å². The number of nitrogens with zero attached hydrogens (tertiary/aromatic N) is 2. The van der Waals surface area contributed by atoms with Gasteiger partial charge in [0.15, 0.2) is 0 Å². The predicted octanol–water partition coefficient (Wildman–Crippen LogP) is 2.22. The maximum absolute atomic E-state index is 13.0. The third-order valence-electron chi connectivity index (χ3n) is 3.03. The third kappa shape index (κ3) is 2.96. The maximum atomic E-state index is 13.0. The molecule has 0 aliphatic rings. The Labute approximate surface area is 116 Å². The summed E-state index contributed by atoms with van der Waals surface area (Å²) in [4.78, 5) is 11.2. The molecular formula is C14H16FN3O2. The van der Waals surface area contributed by atoms with Crippen molar-refractivity contribution in [3.8, 4) is 0 Å². The molecule has 2 aromatic rings. The van der Waals surface area contributed by atoms with Crippen LogP contribution in [0.1, 0.15) is 21.6 Å². The number of benzene rings is 1. The molecule has 0 saturated carbocycles. The number of aromatic nitrogens is 2. The van der Waals surface area contributed by atoms with E-state index in [0.717, 1.165) is 5.56 Å². The van der Waals surface area contributed by atoms with Crippen LogP contribution in [-0.4, -0.2) is 27.4 Å². The molecule has 0 atom stereocenters. The Hall–Kier alpha value is -2.37.